The van der Waals surface area contributed by atoms with Gasteiger partial charge >= 0.3 is 0 Å². The van der Waals surface area contributed by atoms with Crippen molar-refractivity contribution in [2.75, 3.05) is 5.73 Å². The van der Waals surface area contributed by atoms with E-state index in [0.717, 1.165) is 18.6 Å². The fourth-order valence-electron chi connectivity index (χ4n) is 1.65. The van der Waals surface area contributed by atoms with Crippen LogP contribution in [0.2, 0.25) is 0 Å². The molecule has 0 atom stereocenters. The van der Waals surface area contributed by atoms with Gasteiger partial charge < -0.3 is 5.73 Å². The molecule has 0 radical (unpaired) electrons. The molecule has 0 aliphatic rings. The van der Waals surface area contributed by atoms with Crippen LogP contribution in [0.5, 0.6) is 0 Å². The lowest BCUT2D eigenvalue weighted by Crippen LogP contribution is -2.02. The second-order valence-electron chi connectivity index (χ2n) is 3.80. The molecule has 0 aliphatic heterocycles. The minimum Gasteiger partial charge on any atom is -0.382 e. The minimum absolute atomic E-state index is 0.393. The molecular weight excluding hydrogens is 204 g/mol. The SMILES string of the molecule is CCCCCCn1nnc2c(N)ncnc21. The van der Waals surface area contributed by atoms with Crippen LogP contribution in [0, 0.1) is 0 Å². The van der Waals surface area contributed by atoms with Gasteiger partial charge in [-0.2, -0.15) is 0 Å². The molecule has 6 heteroatoms. The molecule has 0 spiro atoms. The predicted molar refractivity (Wildman–Crippen MR) is 61.7 cm³/mol. The van der Waals surface area contributed by atoms with E-state index in [1.54, 1.807) is 4.68 Å². The lowest BCUT2D eigenvalue weighted by Gasteiger charge is -2.00. The monoisotopic (exact) mass is 220 g/mol. The fraction of sp³-hybridized carbons (Fsp3) is 0.600. The second kappa shape index (κ2) is 4.87. The van der Waals surface area contributed by atoms with Crippen molar-refractivity contribution in [1.29, 1.82) is 0 Å². The van der Waals surface area contributed by atoms with Gasteiger partial charge in [0.25, 0.3) is 0 Å². The average Bonchev–Trinajstić information content (AvgIpc) is 2.70. The predicted octanol–water partition coefficient (Wildman–Crippen LogP) is 1.38. The first-order valence-electron chi connectivity index (χ1n) is 5.62. The summed E-state index contributed by atoms with van der Waals surface area (Å²) in [5.74, 6) is 0.393. The topological polar surface area (TPSA) is 82.5 Å². The number of nitrogen functional groups attached to an aromatic ring is 1. The molecule has 0 aliphatic carbocycles. The van der Waals surface area contributed by atoms with Crippen LogP contribution in [-0.4, -0.2) is 25.0 Å². The first kappa shape index (κ1) is 10.8. The van der Waals surface area contributed by atoms with Crippen molar-refractivity contribution in [1.82, 2.24) is 25.0 Å². The number of hydrogen-bond acceptors (Lipinski definition) is 5. The molecule has 0 bridgehead atoms. The van der Waals surface area contributed by atoms with Crippen molar-refractivity contribution in [3.63, 3.8) is 0 Å². The van der Waals surface area contributed by atoms with E-state index in [4.69, 9.17) is 5.73 Å². The van der Waals surface area contributed by atoms with E-state index >= 15 is 0 Å². The molecule has 0 saturated heterocycles. The molecule has 0 fully saturated rings. The number of aryl methyl sites for hydroxylation is 1. The average molecular weight is 220 g/mol. The molecule has 6 nitrogen and oxygen atoms in total. The Hall–Kier alpha value is -1.72. The molecule has 2 aromatic heterocycles. The molecular formula is C10H16N6. The zero-order valence-corrected chi connectivity index (χ0v) is 9.43. The Labute approximate surface area is 93.9 Å². The summed E-state index contributed by atoms with van der Waals surface area (Å²) in [6.07, 6.45) is 6.23. The Bertz CT molecular complexity index is 463. The van der Waals surface area contributed by atoms with E-state index in [0.29, 0.717) is 11.3 Å². The standard InChI is InChI=1S/C10H16N6/c1-2-3-4-5-6-16-10-8(14-15-16)9(11)12-7-13-10/h7H,2-6H2,1H3,(H2,11,12,13). The normalized spacial score (nSPS) is 11.1. The number of nitrogens with two attached hydrogens (primary N) is 1. The van der Waals surface area contributed by atoms with Crippen molar-refractivity contribution in [3.05, 3.63) is 6.33 Å². The molecule has 86 valence electrons. The maximum Gasteiger partial charge on any atom is 0.183 e. The maximum atomic E-state index is 5.68. The first-order chi connectivity index (χ1) is 7.83. The molecule has 0 saturated carbocycles. The molecule has 0 amide bonds. The van der Waals surface area contributed by atoms with Crippen LogP contribution in [0.1, 0.15) is 32.6 Å². The Morgan fingerprint density at radius 2 is 2.12 bits per heavy atom. The number of unbranched alkanes of at least 4 members (excludes halogenated alkanes) is 3. The molecule has 16 heavy (non-hydrogen) atoms. The van der Waals surface area contributed by atoms with Gasteiger partial charge in [0.1, 0.15) is 6.33 Å². The van der Waals surface area contributed by atoms with Gasteiger partial charge in [-0.1, -0.05) is 31.4 Å². The van der Waals surface area contributed by atoms with Crippen molar-refractivity contribution in [2.45, 2.75) is 39.2 Å². The third-order valence-electron chi connectivity index (χ3n) is 2.55. The van der Waals surface area contributed by atoms with Gasteiger partial charge in [-0.3, -0.25) is 0 Å². The van der Waals surface area contributed by atoms with Gasteiger partial charge in [0.05, 0.1) is 0 Å². The summed E-state index contributed by atoms with van der Waals surface area (Å²) in [4.78, 5) is 8.03. The van der Waals surface area contributed by atoms with Crippen LogP contribution in [0.15, 0.2) is 6.33 Å². The number of fused-ring (bicyclic) bond motifs is 1. The van der Waals surface area contributed by atoms with E-state index < -0.39 is 0 Å². The Morgan fingerprint density at radius 3 is 2.94 bits per heavy atom. The molecule has 2 N–H and O–H groups in total. The summed E-state index contributed by atoms with van der Waals surface area (Å²) in [7, 11) is 0. The fourth-order valence-corrected chi connectivity index (χ4v) is 1.65. The van der Waals surface area contributed by atoms with Crippen LogP contribution in [0.3, 0.4) is 0 Å². The van der Waals surface area contributed by atoms with Crippen LogP contribution >= 0.6 is 0 Å². The summed E-state index contributed by atoms with van der Waals surface area (Å²) in [5, 5.41) is 8.02. The van der Waals surface area contributed by atoms with Gasteiger partial charge in [-0.05, 0) is 6.42 Å². The van der Waals surface area contributed by atoms with Crippen LogP contribution in [0.4, 0.5) is 5.82 Å². The highest BCUT2D eigenvalue weighted by Gasteiger charge is 2.08. The largest absolute Gasteiger partial charge is 0.382 e. The number of rotatable bonds is 5. The third kappa shape index (κ3) is 2.10. The molecule has 0 aromatic carbocycles. The summed E-state index contributed by atoms with van der Waals surface area (Å²) < 4.78 is 1.79. The van der Waals surface area contributed by atoms with E-state index in [-0.39, 0.29) is 0 Å². The van der Waals surface area contributed by atoms with Gasteiger partial charge in [0.15, 0.2) is 17.0 Å². The third-order valence-corrected chi connectivity index (χ3v) is 2.55. The van der Waals surface area contributed by atoms with E-state index in [2.05, 4.69) is 27.2 Å². The number of anilines is 1. The number of nitrogens with zero attached hydrogens (tertiary/aromatic N) is 5. The van der Waals surface area contributed by atoms with Gasteiger partial charge in [0.2, 0.25) is 0 Å². The summed E-state index contributed by atoms with van der Waals surface area (Å²) >= 11 is 0. The lowest BCUT2D eigenvalue weighted by atomic mass is 10.2. The molecule has 2 aromatic rings. The van der Waals surface area contributed by atoms with Crippen LogP contribution in [-0.2, 0) is 6.54 Å². The zero-order chi connectivity index (χ0) is 11.4. The zero-order valence-electron chi connectivity index (χ0n) is 9.43. The van der Waals surface area contributed by atoms with Crippen molar-refractivity contribution >= 4 is 17.0 Å². The summed E-state index contributed by atoms with van der Waals surface area (Å²) in [5.41, 5.74) is 7.00. The van der Waals surface area contributed by atoms with Gasteiger partial charge in [-0.15, -0.1) is 5.10 Å². The van der Waals surface area contributed by atoms with Gasteiger partial charge in [-0.25, -0.2) is 14.6 Å². The molecule has 0 unspecified atom stereocenters. The summed E-state index contributed by atoms with van der Waals surface area (Å²) in [6.45, 7) is 3.03. The van der Waals surface area contributed by atoms with Crippen molar-refractivity contribution < 1.29 is 0 Å². The number of hydrogen-bond donors (Lipinski definition) is 1. The Balaban J connectivity index is 2.10. The van der Waals surface area contributed by atoms with E-state index in [1.165, 1.54) is 25.6 Å². The molecule has 2 heterocycles. The lowest BCUT2D eigenvalue weighted by molar-refractivity contribution is 0.536. The quantitative estimate of drug-likeness (QED) is 0.770. The first-order valence-corrected chi connectivity index (χ1v) is 5.62. The van der Waals surface area contributed by atoms with E-state index in [1.807, 2.05) is 0 Å². The smallest absolute Gasteiger partial charge is 0.183 e. The van der Waals surface area contributed by atoms with Crippen molar-refractivity contribution in [2.24, 2.45) is 0 Å². The van der Waals surface area contributed by atoms with Crippen LogP contribution in [0.25, 0.3) is 11.2 Å². The molecule has 2 rings (SSSR count). The highest BCUT2D eigenvalue weighted by atomic mass is 15.4. The number of aromatic nitrogens is 5. The maximum absolute atomic E-state index is 5.68. The van der Waals surface area contributed by atoms with Crippen molar-refractivity contribution in [3.8, 4) is 0 Å². The Kier molecular flexibility index (Phi) is 3.28. The summed E-state index contributed by atoms with van der Waals surface area (Å²) in [6, 6.07) is 0. The highest BCUT2D eigenvalue weighted by Crippen LogP contribution is 2.13. The van der Waals surface area contributed by atoms with Gasteiger partial charge in [0, 0.05) is 6.54 Å². The highest BCUT2D eigenvalue weighted by molar-refractivity contribution is 5.80. The van der Waals surface area contributed by atoms with Crippen LogP contribution < -0.4 is 5.73 Å². The second-order valence-corrected chi connectivity index (χ2v) is 3.80. The van der Waals surface area contributed by atoms with E-state index in [9.17, 15) is 0 Å². The minimum atomic E-state index is 0.393. The Morgan fingerprint density at radius 1 is 1.25 bits per heavy atom.